The Hall–Kier alpha value is -2.11. The lowest BCUT2D eigenvalue weighted by molar-refractivity contribution is -0.126. The molecule has 4 rings (SSSR count). The smallest absolute Gasteiger partial charge is 0.251 e. The highest BCUT2D eigenvalue weighted by atomic mass is 35.5. The van der Waals surface area contributed by atoms with Crippen molar-refractivity contribution >= 4 is 35.0 Å². The number of fused-ring (bicyclic) bond motifs is 1. The number of carbonyl (C=O) groups excluding carboxylic acids is 2. The molecule has 1 heterocycles. The zero-order valence-corrected chi connectivity index (χ0v) is 19.5. The average Bonchev–Trinajstić information content (AvgIpc) is 3.22. The fraction of sp³-hybridized carbons (Fsp3) is 0.440. The molecule has 2 aliphatic rings. The van der Waals surface area contributed by atoms with Crippen LogP contribution in [0.25, 0.3) is 0 Å². The summed E-state index contributed by atoms with van der Waals surface area (Å²) in [5, 5.41) is 6.39. The van der Waals surface area contributed by atoms with Crippen molar-refractivity contribution in [3.63, 3.8) is 0 Å². The van der Waals surface area contributed by atoms with E-state index in [-0.39, 0.29) is 39.4 Å². The summed E-state index contributed by atoms with van der Waals surface area (Å²) >= 11 is 12.7. The molecule has 0 radical (unpaired) electrons. The fourth-order valence-electron chi connectivity index (χ4n) is 5.06. The first kappa shape index (κ1) is 23.1. The van der Waals surface area contributed by atoms with Gasteiger partial charge in [0.25, 0.3) is 5.91 Å². The van der Waals surface area contributed by atoms with E-state index in [1.807, 2.05) is 18.2 Å². The maximum Gasteiger partial charge on any atom is 0.251 e. The van der Waals surface area contributed by atoms with Gasteiger partial charge in [-0.1, -0.05) is 61.2 Å². The highest BCUT2D eigenvalue weighted by Gasteiger charge is 2.42. The monoisotopic (exact) mass is 476 g/mol. The number of aryl methyl sites for hydroxylation is 1. The molecule has 0 spiro atoms. The van der Waals surface area contributed by atoms with E-state index >= 15 is 0 Å². The van der Waals surface area contributed by atoms with Crippen LogP contribution in [0.4, 0.5) is 4.39 Å². The van der Waals surface area contributed by atoms with Crippen LogP contribution in [0.2, 0.25) is 10.0 Å². The molecule has 1 aliphatic carbocycles. The van der Waals surface area contributed by atoms with Gasteiger partial charge in [-0.15, -0.1) is 0 Å². The van der Waals surface area contributed by atoms with Crippen LogP contribution in [0, 0.1) is 17.2 Å². The van der Waals surface area contributed by atoms with Crippen molar-refractivity contribution in [2.75, 3.05) is 6.54 Å². The Bertz CT molecular complexity index is 1040. The minimum atomic E-state index is -0.600. The lowest BCUT2D eigenvalue weighted by atomic mass is 9.76. The van der Waals surface area contributed by atoms with Gasteiger partial charge in [0.05, 0.1) is 22.0 Å². The van der Waals surface area contributed by atoms with E-state index in [0.29, 0.717) is 18.4 Å². The SMILES string of the molecule is CC1([C@H](NC(=O)[C@@H]2CCc3ccccc3C(=O)NC2)c2c(F)ccc(Cl)c2Cl)CCCC1. The molecular formula is C25H27Cl2FN2O2. The van der Waals surface area contributed by atoms with Crippen molar-refractivity contribution in [3.05, 3.63) is 69.0 Å². The number of halogens is 3. The second-order valence-electron chi connectivity index (χ2n) is 9.16. The van der Waals surface area contributed by atoms with E-state index in [4.69, 9.17) is 23.2 Å². The molecule has 32 heavy (non-hydrogen) atoms. The van der Waals surface area contributed by atoms with Crippen LogP contribution in [0.1, 0.15) is 66.6 Å². The Morgan fingerprint density at radius 1 is 1.19 bits per heavy atom. The number of hydrogen-bond donors (Lipinski definition) is 2. The second kappa shape index (κ2) is 9.40. The summed E-state index contributed by atoms with van der Waals surface area (Å²) in [4.78, 5) is 25.9. The zero-order valence-electron chi connectivity index (χ0n) is 18.0. The maximum absolute atomic E-state index is 15.0. The van der Waals surface area contributed by atoms with Crippen molar-refractivity contribution in [2.24, 2.45) is 11.3 Å². The standard InChI is InChI=1S/C25H27Cl2FN2O2/c1-25(12-4-5-13-25)22(20-19(28)11-10-18(26)21(20)27)30-23(31)16-9-8-15-6-2-3-7-17(15)24(32)29-14-16/h2-3,6-7,10-11,16,22H,4-5,8-9,12-14H2,1H3,(H,29,32)(H,30,31)/t16-,22-/m1/s1. The van der Waals surface area contributed by atoms with Crippen molar-refractivity contribution in [1.29, 1.82) is 0 Å². The quantitative estimate of drug-likeness (QED) is 0.542. The Morgan fingerprint density at radius 2 is 1.91 bits per heavy atom. The summed E-state index contributed by atoms with van der Waals surface area (Å²) in [6.45, 7) is 2.30. The first-order chi connectivity index (χ1) is 15.3. The molecule has 0 saturated heterocycles. The van der Waals surface area contributed by atoms with Crippen LogP contribution >= 0.6 is 23.2 Å². The summed E-state index contributed by atoms with van der Waals surface area (Å²) < 4.78 is 15.0. The minimum absolute atomic E-state index is 0.144. The normalized spacial score (nSPS) is 21.1. The van der Waals surface area contributed by atoms with Crippen molar-refractivity contribution in [1.82, 2.24) is 10.6 Å². The van der Waals surface area contributed by atoms with E-state index in [0.717, 1.165) is 31.2 Å². The van der Waals surface area contributed by atoms with Crippen molar-refractivity contribution in [3.8, 4) is 0 Å². The molecule has 1 fully saturated rings. The maximum atomic E-state index is 15.0. The van der Waals surface area contributed by atoms with Crippen LogP contribution in [0.15, 0.2) is 36.4 Å². The zero-order chi connectivity index (χ0) is 22.9. The molecule has 170 valence electrons. The molecule has 1 saturated carbocycles. The number of benzene rings is 2. The first-order valence-electron chi connectivity index (χ1n) is 11.1. The van der Waals surface area contributed by atoms with Crippen LogP contribution in [-0.2, 0) is 11.2 Å². The van der Waals surface area contributed by atoms with Crippen LogP contribution in [-0.4, -0.2) is 18.4 Å². The average molecular weight is 477 g/mol. The Kier molecular flexibility index (Phi) is 6.78. The van der Waals surface area contributed by atoms with Gasteiger partial charge in [0.1, 0.15) is 5.82 Å². The fourth-order valence-corrected chi connectivity index (χ4v) is 5.49. The molecule has 2 aromatic carbocycles. The number of amides is 2. The van der Waals surface area contributed by atoms with Gasteiger partial charge < -0.3 is 10.6 Å². The topological polar surface area (TPSA) is 58.2 Å². The van der Waals surface area contributed by atoms with Gasteiger partial charge in [-0.05, 0) is 54.9 Å². The molecule has 0 aromatic heterocycles. The molecule has 1 aliphatic heterocycles. The molecule has 2 aromatic rings. The predicted molar refractivity (Wildman–Crippen MR) is 124 cm³/mol. The van der Waals surface area contributed by atoms with E-state index < -0.39 is 17.8 Å². The molecule has 2 N–H and O–H groups in total. The summed E-state index contributed by atoms with van der Waals surface area (Å²) in [7, 11) is 0. The summed E-state index contributed by atoms with van der Waals surface area (Å²) in [5.41, 5.74) is 1.49. The third-order valence-corrected chi connectivity index (χ3v) is 7.82. The third-order valence-electron chi connectivity index (χ3n) is 7.00. The van der Waals surface area contributed by atoms with Crippen LogP contribution in [0.3, 0.4) is 0 Å². The van der Waals surface area contributed by atoms with E-state index in [1.165, 1.54) is 12.1 Å². The second-order valence-corrected chi connectivity index (χ2v) is 9.95. The number of rotatable bonds is 4. The Labute approximate surface area is 197 Å². The molecule has 2 amide bonds. The lowest BCUT2D eigenvalue weighted by Gasteiger charge is -2.37. The highest BCUT2D eigenvalue weighted by molar-refractivity contribution is 6.42. The molecule has 0 bridgehead atoms. The number of nitrogens with one attached hydrogen (secondary N) is 2. The molecule has 0 unspecified atom stereocenters. The van der Waals surface area contributed by atoms with Crippen LogP contribution < -0.4 is 10.6 Å². The summed E-state index contributed by atoms with van der Waals surface area (Å²) in [6.07, 6.45) is 4.94. The van der Waals surface area contributed by atoms with Gasteiger partial charge in [0, 0.05) is 17.7 Å². The van der Waals surface area contributed by atoms with Gasteiger partial charge in [0.15, 0.2) is 0 Å². The van der Waals surface area contributed by atoms with Crippen molar-refractivity contribution in [2.45, 2.75) is 51.5 Å². The summed E-state index contributed by atoms with van der Waals surface area (Å²) in [5.74, 6) is -1.29. The predicted octanol–water partition coefficient (Wildman–Crippen LogP) is 5.86. The first-order valence-corrected chi connectivity index (χ1v) is 11.9. The largest absolute Gasteiger partial charge is 0.351 e. The minimum Gasteiger partial charge on any atom is -0.351 e. The molecule has 7 heteroatoms. The van der Waals surface area contributed by atoms with E-state index in [1.54, 1.807) is 6.07 Å². The lowest BCUT2D eigenvalue weighted by Crippen LogP contribution is -2.45. The highest BCUT2D eigenvalue weighted by Crippen LogP contribution is 2.50. The molecule has 4 nitrogen and oxygen atoms in total. The number of carbonyl (C=O) groups is 2. The molecular weight excluding hydrogens is 450 g/mol. The van der Waals surface area contributed by atoms with E-state index in [2.05, 4.69) is 17.6 Å². The van der Waals surface area contributed by atoms with Gasteiger partial charge >= 0.3 is 0 Å². The third kappa shape index (κ3) is 4.51. The number of hydrogen-bond acceptors (Lipinski definition) is 2. The van der Waals surface area contributed by atoms with E-state index in [9.17, 15) is 14.0 Å². The van der Waals surface area contributed by atoms with Gasteiger partial charge in [0.2, 0.25) is 5.91 Å². The van der Waals surface area contributed by atoms with Gasteiger partial charge in [-0.25, -0.2) is 4.39 Å². The van der Waals surface area contributed by atoms with Gasteiger partial charge in [-0.3, -0.25) is 9.59 Å². The van der Waals surface area contributed by atoms with Crippen LogP contribution in [0.5, 0.6) is 0 Å². The molecule has 2 atom stereocenters. The summed E-state index contributed by atoms with van der Waals surface area (Å²) in [6, 6.07) is 9.57. The van der Waals surface area contributed by atoms with Crippen molar-refractivity contribution < 1.29 is 14.0 Å². The Morgan fingerprint density at radius 3 is 2.66 bits per heavy atom. The van der Waals surface area contributed by atoms with Gasteiger partial charge in [-0.2, -0.15) is 0 Å². The Balaban J connectivity index is 1.61.